The Bertz CT molecular complexity index is 1670. The first-order valence-electron chi connectivity index (χ1n) is 16.9. The minimum absolute atomic E-state index is 0.00923. The molecule has 4 aliphatic carbocycles. The number of nitrogens with zero attached hydrogens (tertiary/aromatic N) is 1. The quantitative estimate of drug-likeness (QED) is 0.240. The summed E-state index contributed by atoms with van der Waals surface area (Å²) in [7, 11) is -4.70. The van der Waals surface area contributed by atoms with E-state index in [-0.39, 0.29) is 28.7 Å². The molecule has 1 saturated heterocycles. The second-order valence-corrected chi connectivity index (χ2v) is 16.3. The van der Waals surface area contributed by atoms with Gasteiger partial charge in [0.15, 0.2) is 0 Å². The minimum Gasteiger partial charge on any atom is -0.439 e. The van der Waals surface area contributed by atoms with Crippen LogP contribution in [-0.2, 0) is 30.5 Å². The molecule has 2 N–H and O–H groups in total. The van der Waals surface area contributed by atoms with Crippen molar-refractivity contribution in [2.45, 2.75) is 94.3 Å². The predicted octanol–water partition coefficient (Wildman–Crippen LogP) is 5.71. The molecule has 2 heterocycles. The first-order valence-corrected chi connectivity index (χ1v) is 18.4. The molecule has 5 fully saturated rings. The number of rotatable bonds is 12. The third-order valence-electron chi connectivity index (χ3n) is 11.3. The Morgan fingerprint density at radius 1 is 1.02 bits per heavy atom. The van der Waals surface area contributed by atoms with E-state index < -0.39 is 40.6 Å². The highest BCUT2D eigenvalue weighted by Crippen LogP contribution is 2.65. The van der Waals surface area contributed by atoms with Crippen molar-refractivity contribution in [3.05, 3.63) is 84.6 Å². The Labute approximate surface area is 278 Å². The normalized spacial score (nSPS) is 27.6. The SMILES string of the molecule is CC1(C)[C@@H]2C[C@H]3OB([C@H](CC4CCC4)NC(=O)[C@H](Cc4ccccc4)NS(=O)(=O)c4ccc(Oc5ccccc5)nc4)O[C@@]3(C)[C@H]1C2. The smallest absolute Gasteiger partial charge is 0.439 e. The minimum atomic E-state index is -4.12. The molecule has 8 rings (SSSR count). The van der Waals surface area contributed by atoms with Gasteiger partial charge in [-0.05, 0) is 79.5 Å². The number of hydrogen-bond acceptors (Lipinski definition) is 7. The van der Waals surface area contributed by atoms with Crippen LogP contribution < -0.4 is 14.8 Å². The second-order valence-electron chi connectivity index (χ2n) is 14.6. The Morgan fingerprint density at radius 3 is 2.38 bits per heavy atom. The molecule has 5 aliphatic rings. The molecule has 47 heavy (non-hydrogen) atoms. The first kappa shape index (κ1) is 32.3. The van der Waals surface area contributed by atoms with Gasteiger partial charge in [0.25, 0.3) is 0 Å². The summed E-state index contributed by atoms with van der Waals surface area (Å²) < 4.78 is 49.2. The highest BCUT2D eigenvalue weighted by molar-refractivity contribution is 7.89. The fourth-order valence-electron chi connectivity index (χ4n) is 8.17. The average Bonchev–Trinajstić information content (AvgIpc) is 3.40. The monoisotopic (exact) mass is 657 g/mol. The number of pyridine rings is 1. The van der Waals surface area contributed by atoms with E-state index in [0.717, 1.165) is 37.7 Å². The summed E-state index contributed by atoms with van der Waals surface area (Å²) in [5.41, 5.74) is 0.639. The zero-order valence-corrected chi connectivity index (χ0v) is 28.1. The summed E-state index contributed by atoms with van der Waals surface area (Å²) in [6.45, 7) is 6.84. The molecule has 0 radical (unpaired) electrons. The van der Waals surface area contributed by atoms with Crippen molar-refractivity contribution >= 4 is 23.0 Å². The van der Waals surface area contributed by atoms with Gasteiger partial charge in [0.1, 0.15) is 16.7 Å². The maximum absolute atomic E-state index is 14.2. The number of para-hydroxylation sites is 1. The van der Waals surface area contributed by atoms with E-state index in [1.165, 1.54) is 24.8 Å². The van der Waals surface area contributed by atoms with Crippen molar-refractivity contribution in [1.29, 1.82) is 0 Å². The van der Waals surface area contributed by atoms with Crippen molar-refractivity contribution in [2.75, 3.05) is 0 Å². The lowest BCUT2D eigenvalue weighted by molar-refractivity contribution is -0.199. The molecule has 2 bridgehead atoms. The van der Waals surface area contributed by atoms with Gasteiger partial charge in [-0.15, -0.1) is 0 Å². The summed E-state index contributed by atoms with van der Waals surface area (Å²) in [5.74, 6) is 1.54. The number of sulfonamides is 1. The average molecular weight is 658 g/mol. The van der Waals surface area contributed by atoms with Crippen LogP contribution in [0.5, 0.6) is 11.6 Å². The van der Waals surface area contributed by atoms with Crippen LogP contribution in [0.3, 0.4) is 0 Å². The molecule has 0 spiro atoms. The second kappa shape index (κ2) is 12.7. The van der Waals surface area contributed by atoms with Crippen molar-refractivity contribution in [3.8, 4) is 11.6 Å². The largest absolute Gasteiger partial charge is 0.481 e. The highest BCUT2D eigenvalue weighted by atomic mass is 32.2. The van der Waals surface area contributed by atoms with Gasteiger partial charge < -0.3 is 19.4 Å². The molecule has 9 nitrogen and oxygen atoms in total. The van der Waals surface area contributed by atoms with Crippen LogP contribution in [0, 0.1) is 23.2 Å². The van der Waals surface area contributed by atoms with Gasteiger partial charge in [0.05, 0.1) is 23.8 Å². The van der Waals surface area contributed by atoms with Gasteiger partial charge in [-0.3, -0.25) is 4.79 Å². The molecule has 3 aromatic rings. The maximum Gasteiger partial charge on any atom is 0.481 e. The molecule has 1 aliphatic heterocycles. The summed E-state index contributed by atoms with van der Waals surface area (Å²) in [6.07, 6.45) is 7.63. The molecule has 1 amide bonds. The molecular weight excluding hydrogens is 613 g/mol. The van der Waals surface area contributed by atoms with Gasteiger partial charge >= 0.3 is 7.12 Å². The lowest BCUT2D eigenvalue weighted by atomic mass is 9.43. The van der Waals surface area contributed by atoms with Crippen molar-refractivity contribution in [2.24, 2.45) is 23.2 Å². The Morgan fingerprint density at radius 2 is 1.74 bits per heavy atom. The third kappa shape index (κ3) is 6.47. The van der Waals surface area contributed by atoms with Crippen LogP contribution in [0.15, 0.2) is 83.9 Å². The standard InChI is InChI=1S/C36H44BN3O6S/c1-35(2)26-21-30(35)36(3)31(22-26)45-37(46-36)32(20-25-13-10-14-25)39-34(41)29(19-24-11-6-4-7-12-24)40-47(42,43)28-17-18-33(38-23-28)44-27-15-8-5-9-16-27/h4-9,11-12,15-18,23,25-26,29-32,40H,10,13-14,19-22H2,1-3H3,(H,39,41)/t26-,29-,30-,31+,32-,36-/m0/s1. The Hall–Kier alpha value is -3.25. The van der Waals surface area contributed by atoms with E-state index in [9.17, 15) is 13.2 Å². The van der Waals surface area contributed by atoms with Gasteiger partial charge in [-0.1, -0.05) is 81.6 Å². The Kier molecular flexibility index (Phi) is 8.70. The van der Waals surface area contributed by atoms with Gasteiger partial charge in [-0.2, -0.15) is 4.72 Å². The van der Waals surface area contributed by atoms with Crippen LogP contribution in [0.2, 0.25) is 0 Å². The number of amides is 1. The first-order chi connectivity index (χ1) is 22.5. The topological polar surface area (TPSA) is 116 Å². The molecular formula is C36H44BN3O6S. The van der Waals surface area contributed by atoms with Gasteiger partial charge in [0.2, 0.25) is 21.8 Å². The number of ether oxygens (including phenoxy) is 1. The molecule has 248 valence electrons. The third-order valence-corrected chi connectivity index (χ3v) is 12.8. The number of hydrogen-bond donors (Lipinski definition) is 2. The molecule has 0 unspecified atom stereocenters. The summed E-state index contributed by atoms with van der Waals surface area (Å²) in [5, 5.41) is 3.21. The van der Waals surface area contributed by atoms with Crippen LogP contribution in [0.4, 0.5) is 0 Å². The van der Waals surface area contributed by atoms with E-state index in [0.29, 0.717) is 23.5 Å². The predicted molar refractivity (Wildman–Crippen MR) is 179 cm³/mol. The molecule has 6 atom stereocenters. The molecule has 11 heteroatoms. The highest BCUT2D eigenvalue weighted by Gasteiger charge is 2.68. The fourth-order valence-corrected chi connectivity index (χ4v) is 9.31. The van der Waals surface area contributed by atoms with E-state index in [1.54, 1.807) is 12.1 Å². The number of nitrogens with one attached hydrogen (secondary N) is 2. The van der Waals surface area contributed by atoms with Crippen molar-refractivity contribution < 1.29 is 27.3 Å². The van der Waals surface area contributed by atoms with Gasteiger partial charge in [-0.25, -0.2) is 13.4 Å². The van der Waals surface area contributed by atoms with E-state index in [4.69, 9.17) is 14.0 Å². The van der Waals surface area contributed by atoms with Crippen molar-refractivity contribution in [3.63, 3.8) is 0 Å². The number of carbonyl (C=O) groups is 1. The lowest BCUT2D eigenvalue weighted by Gasteiger charge is -2.64. The fraction of sp³-hybridized carbons (Fsp3) is 0.500. The van der Waals surface area contributed by atoms with Crippen LogP contribution in [0.1, 0.15) is 64.9 Å². The van der Waals surface area contributed by atoms with Crippen LogP contribution in [0.25, 0.3) is 0 Å². The maximum atomic E-state index is 14.2. The number of benzene rings is 2. The van der Waals surface area contributed by atoms with Crippen LogP contribution in [-0.4, -0.2) is 50.1 Å². The zero-order chi connectivity index (χ0) is 32.8. The number of aromatic nitrogens is 1. The summed E-state index contributed by atoms with van der Waals surface area (Å²) in [6, 6.07) is 20.4. The number of carbonyl (C=O) groups excluding carboxylic acids is 1. The zero-order valence-electron chi connectivity index (χ0n) is 27.3. The van der Waals surface area contributed by atoms with E-state index in [2.05, 4.69) is 35.8 Å². The van der Waals surface area contributed by atoms with E-state index >= 15 is 0 Å². The molecule has 2 aromatic carbocycles. The molecule has 1 aromatic heterocycles. The van der Waals surface area contributed by atoms with Gasteiger partial charge in [0, 0.05) is 6.07 Å². The lowest BCUT2D eigenvalue weighted by Crippen LogP contribution is -2.65. The Balaban J connectivity index is 1.10. The summed E-state index contributed by atoms with van der Waals surface area (Å²) >= 11 is 0. The summed E-state index contributed by atoms with van der Waals surface area (Å²) in [4.78, 5) is 18.3. The van der Waals surface area contributed by atoms with E-state index in [1.807, 2.05) is 48.5 Å². The molecule has 4 saturated carbocycles. The van der Waals surface area contributed by atoms with Crippen molar-refractivity contribution in [1.82, 2.24) is 15.0 Å². The van der Waals surface area contributed by atoms with Crippen LogP contribution >= 0.6 is 0 Å².